The zero-order valence-electron chi connectivity index (χ0n) is 11.2. The van der Waals surface area contributed by atoms with Gasteiger partial charge in [0.2, 0.25) is 11.0 Å². The smallest absolute Gasteiger partial charge is 0.305 e. The number of rotatable bonds is 6. The summed E-state index contributed by atoms with van der Waals surface area (Å²) in [4.78, 5) is 22.6. The van der Waals surface area contributed by atoms with Gasteiger partial charge in [-0.15, -0.1) is 10.2 Å². The maximum absolute atomic E-state index is 11.6. The van der Waals surface area contributed by atoms with Gasteiger partial charge in [0.1, 0.15) is 5.01 Å². The second-order valence-corrected chi connectivity index (χ2v) is 5.67. The van der Waals surface area contributed by atoms with Crippen LogP contribution >= 0.6 is 11.3 Å². The third-order valence-electron chi connectivity index (χ3n) is 2.27. The number of carbonyl (C=O) groups excluding carboxylic acids is 2. The summed E-state index contributed by atoms with van der Waals surface area (Å²) in [6, 6.07) is 0. The van der Waals surface area contributed by atoms with Crippen LogP contribution in [0.1, 0.15) is 31.7 Å². The molecule has 1 heterocycles. The van der Waals surface area contributed by atoms with Crippen molar-refractivity contribution >= 4 is 28.3 Å². The average Bonchev–Trinajstić information content (AvgIpc) is 2.75. The van der Waals surface area contributed by atoms with Crippen LogP contribution in [0.15, 0.2) is 0 Å². The Balaban J connectivity index is 2.45. The van der Waals surface area contributed by atoms with E-state index in [4.69, 9.17) is 5.73 Å². The van der Waals surface area contributed by atoms with Crippen LogP contribution in [0.25, 0.3) is 0 Å². The Hall–Kier alpha value is -1.54. The number of nitrogens with two attached hydrogens (primary N) is 1. The number of anilines is 1. The lowest BCUT2D eigenvalue weighted by atomic mass is 10.1. The summed E-state index contributed by atoms with van der Waals surface area (Å²) in [6.07, 6.45) is 1.60. The number of hydrogen-bond donors (Lipinski definition) is 2. The molecule has 0 aliphatic carbocycles. The lowest BCUT2D eigenvalue weighted by molar-refractivity contribution is -0.140. The van der Waals surface area contributed by atoms with Gasteiger partial charge in [0, 0.05) is 12.8 Å². The molecule has 0 aliphatic heterocycles. The van der Waals surface area contributed by atoms with Gasteiger partial charge >= 0.3 is 5.97 Å². The van der Waals surface area contributed by atoms with Gasteiger partial charge in [-0.3, -0.25) is 14.9 Å². The molecule has 19 heavy (non-hydrogen) atoms. The lowest BCUT2D eigenvalue weighted by Gasteiger charge is -2.15. The van der Waals surface area contributed by atoms with Crippen molar-refractivity contribution < 1.29 is 14.3 Å². The van der Waals surface area contributed by atoms with Gasteiger partial charge in [-0.25, -0.2) is 0 Å². The van der Waals surface area contributed by atoms with Crippen LogP contribution in [0, 0.1) is 0 Å². The monoisotopic (exact) mass is 286 g/mol. The van der Waals surface area contributed by atoms with E-state index >= 15 is 0 Å². The quantitative estimate of drug-likeness (QED) is 0.746. The number of esters is 1. The van der Waals surface area contributed by atoms with Crippen molar-refractivity contribution in [3.05, 3.63) is 5.01 Å². The summed E-state index contributed by atoms with van der Waals surface area (Å²) < 4.78 is 4.54. The first kappa shape index (κ1) is 15.5. The second-order valence-electron chi connectivity index (χ2n) is 4.61. The number of carbonyl (C=O) groups is 2. The largest absolute Gasteiger partial charge is 0.469 e. The Labute approximate surface area is 115 Å². The molecule has 1 rings (SSSR count). The highest BCUT2D eigenvalue weighted by atomic mass is 32.1. The van der Waals surface area contributed by atoms with Crippen molar-refractivity contribution in [3.8, 4) is 0 Å². The maximum Gasteiger partial charge on any atom is 0.305 e. The highest BCUT2D eigenvalue weighted by Crippen LogP contribution is 2.18. The summed E-state index contributed by atoms with van der Waals surface area (Å²) in [6.45, 7) is 3.22. The molecule has 0 bridgehead atoms. The highest BCUT2D eigenvalue weighted by molar-refractivity contribution is 7.15. The van der Waals surface area contributed by atoms with Crippen LogP contribution in [0.5, 0.6) is 0 Å². The van der Waals surface area contributed by atoms with Gasteiger partial charge in [-0.05, 0) is 20.3 Å². The summed E-state index contributed by atoms with van der Waals surface area (Å²) in [5.74, 6) is -0.562. The van der Waals surface area contributed by atoms with Crippen molar-refractivity contribution in [2.75, 3.05) is 12.4 Å². The molecule has 1 amide bonds. The van der Waals surface area contributed by atoms with E-state index in [1.54, 1.807) is 13.8 Å². The van der Waals surface area contributed by atoms with Crippen LogP contribution in [-0.2, 0) is 20.7 Å². The molecule has 0 unspecified atom stereocenters. The summed E-state index contributed by atoms with van der Waals surface area (Å²) >= 11 is 1.27. The van der Waals surface area contributed by atoms with Gasteiger partial charge < -0.3 is 10.5 Å². The fourth-order valence-corrected chi connectivity index (χ4v) is 1.93. The molecule has 0 aliphatic rings. The Morgan fingerprint density at radius 2 is 2.11 bits per heavy atom. The van der Waals surface area contributed by atoms with Crippen molar-refractivity contribution in [3.63, 3.8) is 0 Å². The van der Waals surface area contributed by atoms with E-state index in [9.17, 15) is 9.59 Å². The van der Waals surface area contributed by atoms with E-state index in [1.165, 1.54) is 18.4 Å². The zero-order valence-corrected chi connectivity index (χ0v) is 12.0. The third kappa shape index (κ3) is 5.31. The first-order chi connectivity index (χ1) is 8.82. The molecular formula is C11H18N4O3S. The number of methoxy groups -OCH3 is 1. The Kier molecular flexibility index (Phi) is 5.37. The summed E-state index contributed by atoms with van der Waals surface area (Å²) in [5.41, 5.74) is 4.69. The normalized spacial score (nSPS) is 11.2. The van der Waals surface area contributed by atoms with Gasteiger partial charge in [0.25, 0.3) is 0 Å². The molecule has 0 saturated carbocycles. The molecule has 0 aromatic carbocycles. The molecule has 1 aromatic rings. The second kappa shape index (κ2) is 6.58. The van der Waals surface area contributed by atoms with Crippen molar-refractivity contribution in [1.29, 1.82) is 0 Å². The fraction of sp³-hybridized carbons (Fsp3) is 0.636. The summed E-state index contributed by atoms with van der Waals surface area (Å²) in [7, 11) is 1.36. The molecule has 0 atom stereocenters. The molecule has 0 fully saturated rings. The van der Waals surface area contributed by atoms with E-state index in [-0.39, 0.29) is 11.9 Å². The minimum Gasteiger partial charge on any atom is -0.469 e. The van der Waals surface area contributed by atoms with E-state index < -0.39 is 5.54 Å². The number of amides is 1. The minimum absolute atomic E-state index is 0.247. The van der Waals surface area contributed by atoms with Crippen LogP contribution in [0.2, 0.25) is 0 Å². The topological polar surface area (TPSA) is 107 Å². The molecule has 106 valence electrons. The van der Waals surface area contributed by atoms with Crippen molar-refractivity contribution in [1.82, 2.24) is 10.2 Å². The minimum atomic E-state index is -0.962. The predicted octanol–water partition coefficient (Wildman–Crippen LogP) is 0.710. The van der Waals surface area contributed by atoms with Crippen LogP contribution in [-0.4, -0.2) is 34.7 Å². The predicted molar refractivity (Wildman–Crippen MR) is 71.8 cm³/mol. The molecule has 0 spiro atoms. The Morgan fingerprint density at radius 1 is 1.42 bits per heavy atom. The van der Waals surface area contributed by atoms with Gasteiger partial charge in [0.15, 0.2) is 0 Å². The lowest BCUT2D eigenvalue weighted by Crippen LogP contribution is -2.45. The van der Waals surface area contributed by atoms with Crippen molar-refractivity contribution in [2.24, 2.45) is 5.73 Å². The SMILES string of the molecule is COC(=O)CCCc1nnc(NC(=O)C(C)(C)N)s1. The number of aryl methyl sites for hydroxylation is 1. The summed E-state index contributed by atoms with van der Waals surface area (Å²) in [5, 5.41) is 11.6. The van der Waals surface area contributed by atoms with Crippen LogP contribution in [0.4, 0.5) is 5.13 Å². The highest BCUT2D eigenvalue weighted by Gasteiger charge is 2.23. The van der Waals surface area contributed by atoms with Gasteiger partial charge in [-0.1, -0.05) is 11.3 Å². The fourth-order valence-electron chi connectivity index (χ4n) is 1.15. The number of aromatic nitrogens is 2. The average molecular weight is 286 g/mol. The van der Waals surface area contributed by atoms with Crippen LogP contribution < -0.4 is 11.1 Å². The molecule has 0 saturated heterocycles. The number of nitrogens with zero attached hydrogens (tertiary/aromatic N) is 2. The zero-order chi connectivity index (χ0) is 14.5. The van der Waals surface area contributed by atoms with E-state index in [0.29, 0.717) is 24.4 Å². The standard InChI is InChI=1S/C11H18N4O3S/c1-11(2,12)9(17)13-10-15-14-7(19-10)5-4-6-8(16)18-3/h4-6,12H2,1-3H3,(H,13,15,17). The molecule has 1 aromatic heterocycles. The van der Waals surface area contributed by atoms with E-state index in [2.05, 4.69) is 20.3 Å². The van der Waals surface area contributed by atoms with E-state index in [0.717, 1.165) is 5.01 Å². The third-order valence-corrected chi connectivity index (χ3v) is 3.17. The Morgan fingerprint density at radius 3 is 2.68 bits per heavy atom. The number of nitrogens with one attached hydrogen (secondary N) is 1. The molecular weight excluding hydrogens is 268 g/mol. The molecule has 0 radical (unpaired) electrons. The maximum atomic E-state index is 11.6. The molecule has 8 heteroatoms. The number of ether oxygens (including phenoxy) is 1. The number of hydrogen-bond acceptors (Lipinski definition) is 7. The van der Waals surface area contributed by atoms with Gasteiger partial charge in [-0.2, -0.15) is 0 Å². The van der Waals surface area contributed by atoms with Crippen molar-refractivity contribution in [2.45, 2.75) is 38.6 Å². The Bertz CT molecular complexity index is 453. The van der Waals surface area contributed by atoms with Crippen LogP contribution in [0.3, 0.4) is 0 Å². The first-order valence-corrected chi connectivity index (χ1v) is 6.64. The molecule has 7 nitrogen and oxygen atoms in total. The molecule has 3 N–H and O–H groups in total. The van der Waals surface area contributed by atoms with Gasteiger partial charge in [0.05, 0.1) is 12.6 Å². The van der Waals surface area contributed by atoms with E-state index in [1.807, 2.05) is 0 Å². The first-order valence-electron chi connectivity index (χ1n) is 5.82.